The molecule has 0 saturated heterocycles. The van der Waals surface area contributed by atoms with Crippen LogP contribution in [-0.2, 0) is 6.42 Å². The molecular weight excluding hydrogens is 246 g/mol. The standard InChI is InChI=1S/C15H16F2N2/c1-19(15-7-6-13(17)10-14(15)18)9-8-11-2-4-12(16)5-3-11/h2-7,10H,8-9,18H2,1H3. The van der Waals surface area contributed by atoms with E-state index in [1.54, 1.807) is 18.2 Å². The van der Waals surface area contributed by atoms with Gasteiger partial charge in [0.25, 0.3) is 0 Å². The summed E-state index contributed by atoms with van der Waals surface area (Å²) in [5.74, 6) is -0.576. The number of nitrogens with two attached hydrogens (primary N) is 1. The molecule has 2 nitrogen and oxygen atoms in total. The van der Waals surface area contributed by atoms with Crippen LogP contribution in [0.5, 0.6) is 0 Å². The second-order valence-corrected chi connectivity index (χ2v) is 4.50. The molecule has 0 fully saturated rings. The highest BCUT2D eigenvalue weighted by atomic mass is 19.1. The largest absolute Gasteiger partial charge is 0.397 e. The fourth-order valence-corrected chi connectivity index (χ4v) is 1.94. The first-order chi connectivity index (χ1) is 9.06. The molecule has 0 radical (unpaired) electrons. The van der Waals surface area contributed by atoms with Crippen LogP contribution in [0.15, 0.2) is 42.5 Å². The van der Waals surface area contributed by atoms with Gasteiger partial charge in [0.2, 0.25) is 0 Å². The van der Waals surface area contributed by atoms with Crippen LogP contribution in [0.1, 0.15) is 5.56 Å². The third-order valence-electron chi connectivity index (χ3n) is 3.05. The maximum absolute atomic E-state index is 13.0. The average molecular weight is 262 g/mol. The Morgan fingerprint density at radius 2 is 1.63 bits per heavy atom. The lowest BCUT2D eigenvalue weighted by Crippen LogP contribution is -2.21. The normalized spacial score (nSPS) is 10.5. The average Bonchev–Trinajstić information content (AvgIpc) is 2.37. The lowest BCUT2D eigenvalue weighted by molar-refractivity contribution is 0.627. The third kappa shape index (κ3) is 3.44. The first kappa shape index (κ1) is 13.3. The molecular formula is C15H16F2N2. The van der Waals surface area contributed by atoms with E-state index < -0.39 is 0 Å². The van der Waals surface area contributed by atoms with Crippen molar-refractivity contribution in [3.8, 4) is 0 Å². The van der Waals surface area contributed by atoms with Gasteiger partial charge in [-0.05, 0) is 42.3 Å². The van der Waals surface area contributed by atoms with E-state index in [0.717, 1.165) is 24.2 Å². The number of nitrogens with zero attached hydrogens (tertiary/aromatic N) is 1. The summed E-state index contributed by atoms with van der Waals surface area (Å²) in [5.41, 5.74) is 8.04. The Balaban J connectivity index is 2.01. The van der Waals surface area contributed by atoms with Gasteiger partial charge in [-0.25, -0.2) is 8.78 Å². The van der Waals surface area contributed by atoms with E-state index in [1.165, 1.54) is 24.3 Å². The van der Waals surface area contributed by atoms with Gasteiger partial charge in [-0.2, -0.15) is 0 Å². The monoisotopic (exact) mass is 262 g/mol. The van der Waals surface area contributed by atoms with Gasteiger partial charge in [-0.1, -0.05) is 12.1 Å². The third-order valence-corrected chi connectivity index (χ3v) is 3.05. The van der Waals surface area contributed by atoms with Crippen LogP contribution in [0.3, 0.4) is 0 Å². The summed E-state index contributed by atoms with van der Waals surface area (Å²) in [6.07, 6.45) is 0.771. The van der Waals surface area contributed by atoms with Crippen molar-refractivity contribution < 1.29 is 8.78 Å². The second kappa shape index (κ2) is 5.69. The Kier molecular flexibility index (Phi) is 4.00. The summed E-state index contributed by atoms with van der Waals surface area (Å²) in [7, 11) is 1.90. The SMILES string of the molecule is CN(CCc1ccc(F)cc1)c1ccc(F)cc1N. The Bertz CT molecular complexity index is 553. The van der Waals surface area contributed by atoms with E-state index in [0.29, 0.717) is 5.69 Å². The van der Waals surface area contributed by atoms with Crippen molar-refractivity contribution in [1.82, 2.24) is 0 Å². The molecule has 19 heavy (non-hydrogen) atoms. The predicted octanol–water partition coefficient (Wildman–Crippen LogP) is 3.23. The number of anilines is 2. The quantitative estimate of drug-likeness (QED) is 0.857. The van der Waals surface area contributed by atoms with Crippen molar-refractivity contribution in [2.24, 2.45) is 0 Å². The smallest absolute Gasteiger partial charge is 0.125 e. The molecule has 0 heterocycles. The fourth-order valence-electron chi connectivity index (χ4n) is 1.94. The van der Waals surface area contributed by atoms with E-state index in [9.17, 15) is 8.78 Å². The highest BCUT2D eigenvalue weighted by Gasteiger charge is 2.06. The minimum Gasteiger partial charge on any atom is -0.397 e. The van der Waals surface area contributed by atoms with Gasteiger partial charge in [0, 0.05) is 13.6 Å². The summed E-state index contributed by atoms with van der Waals surface area (Å²) < 4.78 is 25.7. The Morgan fingerprint density at radius 3 is 2.26 bits per heavy atom. The van der Waals surface area contributed by atoms with Crippen molar-refractivity contribution in [2.45, 2.75) is 6.42 Å². The van der Waals surface area contributed by atoms with Crippen LogP contribution < -0.4 is 10.6 Å². The van der Waals surface area contributed by atoms with Gasteiger partial charge < -0.3 is 10.6 Å². The molecule has 0 aliphatic rings. The first-order valence-corrected chi connectivity index (χ1v) is 6.07. The van der Waals surface area contributed by atoms with Gasteiger partial charge in [-0.15, -0.1) is 0 Å². The maximum atomic E-state index is 13.0. The number of likely N-dealkylation sites (N-methyl/N-ethyl adjacent to an activating group) is 1. The summed E-state index contributed by atoms with van der Waals surface area (Å²) in [4.78, 5) is 1.96. The molecule has 0 bridgehead atoms. The molecule has 2 rings (SSSR count). The molecule has 0 aromatic heterocycles. The number of hydrogen-bond donors (Lipinski definition) is 1. The van der Waals surface area contributed by atoms with Gasteiger partial charge in [-0.3, -0.25) is 0 Å². The molecule has 2 aromatic carbocycles. The fraction of sp³-hybridized carbons (Fsp3) is 0.200. The molecule has 4 heteroatoms. The number of halogens is 2. The van der Waals surface area contributed by atoms with Crippen molar-refractivity contribution in [1.29, 1.82) is 0 Å². The summed E-state index contributed by atoms with van der Waals surface area (Å²) in [5, 5.41) is 0. The number of nitrogen functional groups attached to an aromatic ring is 1. The highest BCUT2D eigenvalue weighted by Crippen LogP contribution is 2.22. The van der Waals surface area contributed by atoms with E-state index in [2.05, 4.69) is 0 Å². The first-order valence-electron chi connectivity index (χ1n) is 6.07. The van der Waals surface area contributed by atoms with E-state index in [1.807, 2.05) is 11.9 Å². The van der Waals surface area contributed by atoms with Crippen molar-refractivity contribution in [3.05, 3.63) is 59.7 Å². The Labute approximate surface area is 111 Å². The molecule has 0 aliphatic heterocycles. The molecule has 0 aliphatic carbocycles. The lowest BCUT2D eigenvalue weighted by atomic mass is 10.1. The van der Waals surface area contributed by atoms with Crippen LogP contribution in [0.4, 0.5) is 20.2 Å². The molecule has 2 aromatic rings. The minimum absolute atomic E-state index is 0.236. The van der Waals surface area contributed by atoms with Crippen molar-refractivity contribution >= 4 is 11.4 Å². The maximum Gasteiger partial charge on any atom is 0.125 e. The van der Waals surface area contributed by atoms with Gasteiger partial charge in [0.1, 0.15) is 11.6 Å². The predicted molar refractivity (Wildman–Crippen MR) is 74.2 cm³/mol. The zero-order chi connectivity index (χ0) is 13.8. The molecule has 0 atom stereocenters. The Hall–Kier alpha value is -2.10. The Morgan fingerprint density at radius 1 is 1.00 bits per heavy atom. The molecule has 100 valence electrons. The summed E-state index contributed by atoms with van der Waals surface area (Å²) in [6.45, 7) is 0.724. The van der Waals surface area contributed by atoms with Crippen LogP contribution >= 0.6 is 0 Å². The zero-order valence-corrected chi connectivity index (χ0v) is 10.7. The lowest BCUT2D eigenvalue weighted by Gasteiger charge is -2.21. The van der Waals surface area contributed by atoms with Gasteiger partial charge in [0.15, 0.2) is 0 Å². The van der Waals surface area contributed by atoms with Gasteiger partial charge in [0.05, 0.1) is 11.4 Å². The highest BCUT2D eigenvalue weighted by molar-refractivity contribution is 5.67. The molecule has 0 amide bonds. The number of benzene rings is 2. The van der Waals surface area contributed by atoms with Crippen LogP contribution in [0.25, 0.3) is 0 Å². The van der Waals surface area contributed by atoms with Gasteiger partial charge >= 0.3 is 0 Å². The second-order valence-electron chi connectivity index (χ2n) is 4.50. The topological polar surface area (TPSA) is 29.3 Å². The number of hydrogen-bond acceptors (Lipinski definition) is 2. The zero-order valence-electron chi connectivity index (χ0n) is 10.7. The van der Waals surface area contributed by atoms with Crippen LogP contribution in [0, 0.1) is 11.6 Å². The summed E-state index contributed by atoms with van der Waals surface area (Å²) >= 11 is 0. The van der Waals surface area contributed by atoms with Crippen molar-refractivity contribution in [2.75, 3.05) is 24.2 Å². The van der Waals surface area contributed by atoms with Crippen LogP contribution in [-0.4, -0.2) is 13.6 Å². The minimum atomic E-state index is -0.340. The van der Waals surface area contributed by atoms with E-state index in [-0.39, 0.29) is 11.6 Å². The molecule has 0 unspecified atom stereocenters. The number of rotatable bonds is 4. The molecule has 2 N–H and O–H groups in total. The summed E-state index contributed by atoms with van der Waals surface area (Å²) in [6, 6.07) is 10.8. The molecule has 0 spiro atoms. The van der Waals surface area contributed by atoms with Crippen molar-refractivity contribution in [3.63, 3.8) is 0 Å². The van der Waals surface area contributed by atoms with Crippen LogP contribution in [0.2, 0.25) is 0 Å². The van der Waals surface area contributed by atoms with E-state index >= 15 is 0 Å². The molecule has 0 saturated carbocycles. The van der Waals surface area contributed by atoms with E-state index in [4.69, 9.17) is 5.73 Å².